The summed E-state index contributed by atoms with van der Waals surface area (Å²) in [4.78, 5) is 13.6. The number of rotatable bonds is 3. The van der Waals surface area contributed by atoms with Gasteiger partial charge in [-0.3, -0.25) is 4.90 Å². The van der Waals surface area contributed by atoms with Gasteiger partial charge in [-0.15, -0.1) is 0 Å². The number of nitrogens with zero attached hydrogens (tertiary/aromatic N) is 1. The van der Waals surface area contributed by atoms with Crippen LogP contribution in [0.5, 0.6) is 0 Å². The summed E-state index contributed by atoms with van der Waals surface area (Å²) >= 11 is 0. The van der Waals surface area contributed by atoms with Crippen molar-refractivity contribution in [3.05, 3.63) is 35.9 Å². The number of carboxylic acid groups (broad SMARTS) is 1. The summed E-state index contributed by atoms with van der Waals surface area (Å²) in [6.07, 6.45) is 0.857. The van der Waals surface area contributed by atoms with Crippen molar-refractivity contribution in [2.24, 2.45) is 5.73 Å². The molecule has 0 spiro atoms. The van der Waals surface area contributed by atoms with Crippen LogP contribution in [0.4, 0.5) is 0 Å². The Morgan fingerprint density at radius 3 is 2.59 bits per heavy atom. The van der Waals surface area contributed by atoms with Crippen LogP contribution in [-0.4, -0.2) is 35.1 Å². The fourth-order valence-electron chi connectivity index (χ4n) is 2.40. The summed E-state index contributed by atoms with van der Waals surface area (Å²) in [7, 11) is 0. The molecule has 0 aliphatic carbocycles. The zero-order valence-corrected chi connectivity index (χ0v) is 9.97. The molecule has 0 radical (unpaired) electrons. The normalized spacial score (nSPS) is 24.5. The van der Waals surface area contributed by atoms with Crippen molar-refractivity contribution in [1.82, 2.24) is 4.90 Å². The molecular formula is C13H18N2O2. The van der Waals surface area contributed by atoms with E-state index in [9.17, 15) is 9.90 Å². The third-order valence-electron chi connectivity index (χ3n) is 3.61. The summed E-state index contributed by atoms with van der Waals surface area (Å²) < 4.78 is 0. The van der Waals surface area contributed by atoms with Crippen LogP contribution in [0.3, 0.4) is 0 Å². The lowest BCUT2D eigenvalue weighted by molar-refractivity contribution is -0.150. The Bertz CT molecular complexity index is 407. The van der Waals surface area contributed by atoms with E-state index in [1.807, 2.05) is 35.2 Å². The lowest BCUT2D eigenvalue weighted by Crippen LogP contribution is -2.49. The highest BCUT2D eigenvalue weighted by Crippen LogP contribution is 2.31. The fourth-order valence-corrected chi connectivity index (χ4v) is 2.40. The molecule has 4 nitrogen and oxygen atoms in total. The molecule has 17 heavy (non-hydrogen) atoms. The predicted octanol–water partition coefficient (Wildman–Crippen LogP) is 1.02. The van der Waals surface area contributed by atoms with Gasteiger partial charge in [-0.2, -0.15) is 0 Å². The molecule has 3 N–H and O–H groups in total. The number of benzene rings is 1. The number of nitrogens with two attached hydrogens (primary N) is 1. The smallest absolute Gasteiger partial charge is 0.328 e. The maximum Gasteiger partial charge on any atom is 0.328 e. The first-order valence-corrected chi connectivity index (χ1v) is 5.84. The number of hydrogen-bond acceptors (Lipinski definition) is 3. The first-order chi connectivity index (χ1) is 8.05. The number of carboxylic acids is 1. The van der Waals surface area contributed by atoms with Gasteiger partial charge in [-0.1, -0.05) is 30.3 Å². The number of carbonyl (C=O) groups is 1. The van der Waals surface area contributed by atoms with E-state index in [2.05, 4.69) is 0 Å². The molecule has 1 aliphatic heterocycles. The van der Waals surface area contributed by atoms with Gasteiger partial charge in [0.1, 0.15) is 5.54 Å². The quantitative estimate of drug-likeness (QED) is 0.819. The van der Waals surface area contributed by atoms with Crippen molar-refractivity contribution in [3.8, 4) is 0 Å². The number of aliphatic carboxylic acids is 1. The van der Waals surface area contributed by atoms with Crippen LogP contribution >= 0.6 is 0 Å². The highest BCUT2D eigenvalue weighted by molar-refractivity contribution is 5.80. The molecule has 1 heterocycles. The molecule has 1 aromatic carbocycles. The minimum atomic E-state index is -0.977. The second-order valence-corrected chi connectivity index (χ2v) is 4.74. The highest BCUT2D eigenvalue weighted by Gasteiger charge is 2.43. The lowest BCUT2D eigenvalue weighted by Gasteiger charge is -2.35. The van der Waals surface area contributed by atoms with E-state index in [0.29, 0.717) is 6.54 Å². The summed E-state index contributed by atoms with van der Waals surface area (Å²) in [5.74, 6) is -0.821. The molecule has 0 saturated carbocycles. The van der Waals surface area contributed by atoms with Gasteiger partial charge in [0.05, 0.1) is 0 Å². The van der Waals surface area contributed by atoms with E-state index in [1.54, 1.807) is 6.92 Å². The second kappa shape index (κ2) is 4.47. The molecule has 0 bridgehead atoms. The summed E-state index contributed by atoms with van der Waals surface area (Å²) in [5, 5.41) is 9.55. The van der Waals surface area contributed by atoms with Crippen LogP contribution in [0, 0.1) is 0 Å². The average Bonchev–Trinajstić information content (AvgIpc) is 2.76. The molecule has 4 heteroatoms. The van der Waals surface area contributed by atoms with E-state index < -0.39 is 11.5 Å². The Hall–Kier alpha value is -1.39. The molecule has 1 aliphatic rings. The maximum atomic E-state index is 11.6. The Labute approximate surface area is 101 Å². The standard InChI is InChI=1S/C13H18N2O2/c1-13(12(16)17,10-5-3-2-4-6-10)15-8-7-11(14)9-15/h2-6,11H,7-9,14H2,1H3,(H,16,17). The maximum absolute atomic E-state index is 11.6. The van der Waals surface area contributed by atoms with E-state index in [-0.39, 0.29) is 6.04 Å². The minimum Gasteiger partial charge on any atom is -0.480 e. The van der Waals surface area contributed by atoms with Gasteiger partial charge >= 0.3 is 5.97 Å². The van der Waals surface area contributed by atoms with E-state index in [4.69, 9.17) is 5.73 Å². The summed E-state index contributed by atoms with van der Waals surface area (Å²) in [5.41, 5.74) is 5.70. The molecule has 1 fully saturated rings. The highest BCUT2D eigenvalue weighted by atomic mass is 16.4. The van der Waals surface area contributed by atoms with Crippen molar-refractivity contribution in [3.63, 3.8) is 0 Å². The first-order valence-electron chi connectivity index (χ1n) is 5.84. The van der Waals surface area contributed by atoms with Crippen LogP contribution in [0.2, 0.25) is 0 Å². The number of hydrogen-bond donors (Lipinski definition) is 2. The Balaban J connectivity index is 2.37. The van der Waals surface area contributed by atoms with E-state index >= 15 is 0 Å². The lowest BCUT2D eigenvalue weighted by atomic mass is 9.90. The predicted molar refractivity (Wildman–Crippen MR) is 65.6 cm³/mol. The second-order valence-electron chi connectivity index (χ2n) is 4.74. The number of likely N-dealkylation sites (tertiary alicyclic amines) is 1. The van der Waals surface area contributed by atoms with Crippen molar-refractivity contribution in [2.45, 2.75) is 24.9 Å². The van der Waals surface area contributed by atoms with E-state index in [0.717, 1.165) is 18.5 Å². The molecule has 1 aromatic rings. The van der Waals surface area contributed by atoms with Gasteiger partial charge in [0.2, 0.25) is 0 Å². The van der Waals surface area contributed by atoms with Crippen LogP contribution in [0.15, 0.2) is 30.3 Å². The SMILES string of the molecule is CC(C(=O)O)(c1ccccc1)N1CCC(N)C1. The Kier molecular flexibility index (Phi) is 3.17. The zero-order chi connectivity index (χ0) is 12.5. The molecule has 0 aromatic heterocycles. The molecule has 0 amide bonds. The zero-order valence-electron chi connectivity index (χ0n) is 9.97. The van der Waals surface area contributed by atoms with Crippen LogP contribution in [0.1, 0.15) is 18.9 Å². The van der Waals surface area contributed by atoms with Crippen molar-refractivity contribution < 1.29 is 9.90 Å². The monoisotopic (exact) mass is 234 g/mol. The molecule has 92 valence electrons. The van der Waals surface area contributed by atoms with Gasteiger partial charge in [-0.05, 0) is 18.9 Å². The summed E-state index contributed by atoms with van der Waals surface area (Å²) in [6.45, 7) is 3.12. The van der Waals surface area contributed by atoms with Crippen molar-refractivity contribution in [1.29, 1.82) is 0 Å². The first kappa shape index (κ1) is 12.1. The molecular weight excluding hydrogens is 216 g/mol. The largest absolute Gasteiger partial charge is 0.480 e. The van der Waals surface area contributed by atoms with Gasteiger partial charge in [0.25, 0.3) is 0 Å². The molecule has 2 rings (SSSR count). The summed E-state index contributed by atoms with van der Waals surface area (Å²) in [6, 6.07) is 9.42. The van der Waals surface area contributed by atoms with Crippen molar-refractivity contribution in [2.75, 3.05) is 13.1 Å². The third kappa shape index (κ3) is 2.06. The van der Waals surface area contributed by atoms with Gasteiger partial charge < -0.3 is 10.8 Å². The fraction of sp³-hybridized carbons (Fsp3) is 0.462. The van der Waals surface area contributed by atoms with Crippen LogP contribution in [-0.2, 0) is 10.3 Å². The van der Waals surface area contributed by atoms with Gasteiger partial charge in [0.15, 0.2) is 0 Å². The van der Waals surface area contributed by atoms with Gasteiger partial charge in [-0.25, -0.2) is 4.79 Å². The van der Waals surface area contributed by atoms with Crippen molar-refractivity contribution >= 4 is 5.97 Å². The Morgan fingerprint density at radius 1 is 1.47 bits per heavy atom. The molecule has 2 atom stereocenters. The van der Waals surface area contributed by atoms with Gasteiger partial charge in [0, 0.05) is 19.1 Å². The Morgan fingerprint density at radius 2 is 2.12 bits per heavy atom. The van der Waals surface area contributed by atoms with Crippen LogP contribution in [0.25, 0.3) is 0 Å². The van der Waals surface area contributed by atoms with Crippen LogP contribution < -0.4 is 5.73 Å². The minimum absolute atomic E-state index is 0.0809. The molecule has 2 unspecified atom stereocenters. The topological polar surface area (TPSA) is 66.6 Å². The third-order valence-corrected chi connectivity index (χ3v) is 3.61. The molecule has 1 saturated heterocycles. The average molecular weight is 234 g/mol. The van der Waals surface area contributed by atoms with E-state index in [1.165, 1.54) is 0 Å².